The highest BCUT2D eigenvalue weighted by molar-refractivity contribution is 5.94. The summed E-state index contributed by atoms with van der Waals surface area (Å²) in [7, 11) is 0. The van der Waals surface area contributed by atoms with E-state index in [1.165, 1.54) is 11.1 Å². The van der Waals surface area contributed by atoms with E-state index in [1.807, 2.05) is 54.6 Å². The molecular weight excluding hydrogens is 330 g/mol. The Kier molecular flexibility index (Phi) is 5.46. The van der Waals surface area contributed by atoms with Gasteiger partial charge in [-0.05, 0) is 41.2 Å². The second kappa shape index (κ2) is 7.79. The normalized spacial score (nSPS) is 12.4. The Hall–Kier alpha value is -2.87. The topological polar surface area (TPSA) is 29.1 Å². The molecule has 2 heteroatoms. The number of benzene rings is 3. The summed E-state index contributed by atoms with van der Waals surface area (Å²) >= 11 is 0. The Bertz CT molecular complexity index is 888. The van der Waals surface area contributed by atoms with Crippen LogP contribution in [0.4, 0.5) is 0 Å². The van der Waals surface area contributed by atoms with Gasteiger partial charge in [0.2, 0.25) is 0 Å². The van der Waals surface area contributed by atoms with Gasteiger partial charge >= 0.3 is 0 Å². The van der Waals surface area contributed by atoms with Crippen LogP contribution in [0.3, 0.4) is 0 Å². The van der Waals surface area contributed by atoms with Crippen molar-refractivity contribution in [2.24, 2.45) is 0 Å². The number of carbonyl (C=O) groups excluding carboxylic acids is 1. The number of hydrogen-bond donors (Lipinski definition) is 1. The summed E-state index contributed by atoms with van der Waals surface area (Å²) in [5, 5.41) is 3.20. The lowest BCUT2D eigenvalue weighted by Gasteiger charge is -2.21. The molecule has 0 bridgehead atoms. The lowest BCUT2D eigenvalue weighted by Crippen LogP contribution is -2.29. The minimum absolute atomic E-state index is 0.0649. The molecule has 0 spiro atoms. The molecule has 3 aromatic carbocycles. The van der Waals surface area contributed by atoms with Gasteiger partial charge in [0.25, 0.3) is 5.91 Å². The molecule has 1 N–H and O–H groups in total. The Morgan fingerprint density at radius 3 is 1.89 bits per heavy atom. The monoisotopic (exact) mass is 357 g/mol. The van der Waals surface area contributed by atoms with E-state index in [4.69, 9.17) is 0 Å². The zero-order valence-corrected chi connectivity index (χ0v) is 16.5. The quantitative estimate of drug-likeness (QED) is 0.627. The lowest BCUT2D eigenvalue weighted by atomic mass is 9.86. The predicted octanol–water partition coefficient (Wildman–Crippen LogP) is 5.81. The van der Waals surface area contributed by atoms with Crippen LogP contribution in [0.2, 0.25) is 0 Å². The third kappa shape index (κ3) is 4.65. The largest absolute Gasteiger partial charge is 0.341 e. The molecule has 0 radical (unpaired) electrons. The van der Waals surface area contributed by atoms with Crippen molar-refractivity contribution in [1.29, 1.82) is 0 Å². The van der Waals surface area contributed by atoms with Gasteiger partial charge in [0.1, 0.15) is 0 Å². The maximum absolute atomic E-state index is 12.9. The second-order valence-corrected chi connectivity index (χ2v) is 8.06. The van der Waals surface area contributed by atoms with Crippen molar-refractivity contribution in [3.05, 3.63) is 107 Å². The number of rotatable bonds is 4. The van der Waals surface area contributed by atoms with Crippen molar-refractivity contribution in [3.8, 4) is 0 Å². The smallest absolute Gasteiger partial charge is 0.252 e. The Balaban J connectivity index is 1.88. The van der Waals surface area contributed by atoms with E-state index in [0.717, 1.165) is 11.1 Å². The Morgan fingerprint density at radius 1 is 0.778 bits per heavy atom. The summed E-state index contributed by atoms with van der Waals surface area (Å²) in [5.74, 6) is -0.0649. The summed E-state index contributed by atoms with van der Waals surface area (Å²) in [4.78, 5) is 12.9. The fourth-order valence-electron chi connectivity index (χ4n) is 3.10. The van der Waals surface area contributed by atoms with Gasteiger partial charge < -0.3 is 5.32 Å². The molecule has 27 heavy (non-hydrogen) atoms. The minimum Gasteiger partial charge on any atom is -0.341 e. The number of aryl methyl sites for hydroxylation is 1. The van der Waals surface area contributed by atoms with Crippen molar-refractivity contribution >= 4 is 5.91 Å². The van der Waals surface area contributed by atoms with E-state index in [0.29, 0.717) is 5.56 Å². The van der Waals surface area contributed by atoms with Crippen molar-refractivity contribution in [1.82, 2.24) is 5.32 Å². The first kappa shape index (κ1) is 18.9. The summed E-state index contributed by atoms with van der Waals surface area (Å²) in [6, 6.07) is 26.1. The van der Waals surface area contributed by atoms with Crippen LogP contribution in [-0.2, 0) is 5.41 Å². The van der Waals surface area contributed by atoms with Crippen molar-refractivity contribution in [3.63, 3.8) is 0 Å². The number of hydrogen-bond acceptors (Lipinski definition) is 1. The van der Waals surface area contributed by atoms with E-state index in [1.54, 1.807) is 0 Å². The van der Waals surface area contributed by atoms with Crippen LogP contribution < -0.4 is 5.32 Å². The van der Waals surface area contributed by atoms with Gasteiger partial charge in [0.15, 0.2) is 0 Å². The van der Waals surface area contributed by atoms with Crippen LogP contribution in [0.15, 0.2) is 78.9 Å². The first-order chi connectivity index (χ1) is 12.8. The van der Waals surface area contributed by atoms with E-state index < -0.39 is 0 Å². The number of nitrogens with one attached hydrogen (secondary N) is 1. The molecular formula is C25H27NO. The van der Waals surface area contributed by atoms with E-state index in [9.17, 15) is 4.79 Å². The van der Waals surface area contributed by atoms with Gasteiger partial charge in [-0.25, -0.2) is 0 Å². The van der Waals surface area contributed by atoms with Crippen LogP contribution in [0, 0.1) is 6.92 Å². The predicted molar refractivity (Wildman–Crippen MR) is 112 cm³/mol. The van der Waals surface area contributed by atoms with Gasteiger partial charge in [-0.3, -0.25) is 4.79 Å². The molecule has 0 fully saturated rings. The zero-order chi connectivity index (χ0) is 19.4. The molecule has 3 aromatic rings. The lowest BCUT2D eigenvalue weighted by molar-refractivity contribution is 0.0943. The maximum atomic E-state index is 12.9. The fraction of sp³-hybridized carbons (Fsp3) is 0.240. The molecule has 138 valence electrons. The van der Waals surface area contributed by atoms with E-state index >= 15 is 0 Å². The standard InChI is InChI=1S/C25H27NO/c1-18-10-12-20(13-11-18)23(19-8-6-5-7-9-19)26-24(27)21-14-16-22(17-15-21)25(2,3)4/h5-17,23H,1-4H3,(H,26,27). The first-order valence-corrected chi connectivity index (χ1v) is 9.37. The zero-order valence-electron chi connectivity index (χ0n) is 16.5. The molecule has 0 aliphatic heterocycles. The van der Waals surface area contributed by atoms with Crippen molar-refractivity contribution < 1.29 is 4.79 Å². The highest BCUT2D eigenvalue weighted by Gasteiger charge is 2.19. The molecule has 2 nitrogen and oxygen atoms in total. The summed E-state index contributed by atoms with van der Waals surface area (Å²) < 4.78 is 0. The molecule has 0 aliphatic carbocycles. The number of carbonyl (C=O) groups is 1. The fourth-order valence-corrected chi connectivity index (χ4v) is 3.10. The number of amides is 1. The van der Waals surface area contributed by atoms with E-state index in [-0.39, 0.29) is 17.4 Å². The molecule has 0 aliphatic rings. The van der Waals surface area contributed by atoms with Gasteiger partial charge in [-0.15, -0.1) is 0 Å². The van der Waals surface area contributed by atoms with Crippen LogP contribution in [-0.4, -0.2) is 5.91 Å². The minimum atomic E-state index is -0.179. The van der Waals surface area contributed by atoms with Crippen LogP contribution in [0.25, 0.3) is 0 Å². The van der Waals surface area contributed by atoms with Crippen LogP contribution in [0.1, 0.15) is 59.4 Å². The first-order valence-electron chi connectivity index (χ1n) is 9.37. The van der Waals surface area contributed by atoms with Gasteiger partial charge in [-0.1, -0.05) is 93.1 Å². The van der Waals surface area contributed by atoms with Gasteiger partial charge in [-0.2, -0.15) is 0 Å². The highest BCUT2D eigenvalue weighted by Crippen LogP contribution is 2.25. The molecule has 3 rings (SSSR count). The Labute approximate surface area is 162 Å². The second-order valence-electron chi connectivity index (χ2n) is 8.06. The molecule has 1 unspecified atom stereocenters. The third-order valence-corrected chi connectivity index (χ3v) is 4.83. The molecule has 0 heterocycles. The summed E-state index contributed by atoms with van der Waals surface area (Å²) in [6.45, 7) is 8.58. The molecule has 1 amide bonds. The highest BCUT2D eigenvalue weighted by atomic mass is 16.1. The molecule has 1 atom stereocenters. The van der Waals surface area contributed by atoms with Crippen LogP contribution in [0.5, 0.6) is 0 Å². The van der Waals surface area contributed by atoms with E-state index in [2.05, 4.69) is 57.3 Å². The van der Waals surface area contributed by atoms with Crippen molar-refractivity contribution in [2.45, 2.75) is 39.2 Å². The summed E-state index contributed by atoms with van der Waals surface area (Å²) in [5.41, 5.74) is 5.32. The molecule has 0 saturated heterocycles. The van der Waals surface area contributed by atoms with Gasteiger partial charge in [0, 0.05) is 5.56 Å². The SMILES string of the molecule is Cc1ccc(C(NC(=O)c2ccc(C(C)(C)C)cc2)c2ccccc2)cc1. The molecule has 0 saturated carbocycles. The van der Waals surface area contributed by atoms with Crippen LogP contribution >= 0.6 is 0 Å². The average Bonchev–Trinajstić information content (AvgIpc) is 2.67. The summed E-state index contributed by atoms with van der Waals surface area (Å²) in [6.07, 6.45) is 0. The maximum Gasteiger partial charge on any atom is 0.252 e. The van der Waals surface area contributed by atoms with Gasteiger partial charge in [0.05, 0.1) is 6.04 Å². The molecule has 0 aromatic heterocycles. The van der Waals surface area contributed by atoms with Crippen molar-refractivity contribution in [2.75, 3.05) is 0 Å². The average molecular weight is 357 g/mol. The Morgan fingerprint density at radius 2 is 1.33 bits per heavy atom. The third-order valence-electron chi connectivity index (χ3n) is 4.83.